The van der Waals surface area contributed by atoms with Crippen LogP contribution in [0, 0.1) is 0 Å². The third-order valence-corrected chi connectivity index (χ3v) is 4.17. The molecular formula is C21H18N2O5. The molecule has 4 N–H and O–H groups in total. The fraction of sp³-hybridized carbons (Fsp3) is 0.0952. The Morgan fingerprint density at radius 1 is 1.00 bits per heavy atom. The first kappa shape index (κ1) is 18.9. The van der Waals surface area contributed by atoms with Gasteiger partial charge in [-0.15, -0.1) is 0 Å². The molecule has 0 radical (unpaired) electrons. The van der Waals surface area contributed by atoms with Crippen molar-refractivity contribution in [2.24, 2.45) is 5.73 Å². The maximum Gasteiger partial charge on any atom is 0.342 e. The highest BCUT2D eigenvalue weighted by molar-refractivity contribution is 6.01. The van der Waals surface area contributed by atoms with Gasteiger partial charge in [-0.1, -0.05) is 24.3 Å². The van der Waals surface area contributed by atoms with Crippen LogP contribution in [-0.2, 0) is 9.53 Å². The molecule has 7 heteroatoms. The zero-order valence-corrected chi connectivity index (χ0v) is 15.0. The Morgan fingerprint density at radius 2 is 1.61 bits per heavy atom. The Labute approximate surface area is 160 Å². The van der Waals surface area contributed by atoms with E-state index < -0.39 is 23.9 Å². The number of nitrogens with two attached hydrogens (primary N) is 1. The van der Waals surface area contributed by atoms with Crippen LogP contribution in [0.1, 0.15) is 27.6 Å². The quantitative estimate of drug-likeness (QED) is 0.590. The van der Waals surface area contributed by atoms with Gasteiger partial charge >= 0.3 is 5.97 Å². The maximum atomic E-state index is 12.4. The SMILES string of the molecule is C[C@H](OC(=O)c1cc2ccccc2cc1O)C(=O)Nc1ccc(C(N)=O)cc1. The van der Waals surface area contributed by atoms with E-state index in [1.807, 2.05) is 18.2 Å². The molecule has 0 spiro atoms. The van der Waals surface area contributed by atoms with Crippen LogP contribution in [0.25, 0.3) is 10.8 Å². The summed E-state index contributed by atoms with van der Waals surface area (Å²) in [5.74, 6) is -2.16. The first-order valence-corrected chi connectivity index (χ1v) is 8.48. The Bertz CT molecular complexity index is 1060. The first-order valence-electron chi connectivity index (χ1n) is 8.48. The molecule has 142 valence electrons. The second-order valence-corrected chi connectivity index (χ2v) is 6.19. The first-order chi connectivity index (χ1) is 13.3. The predicted octanol–water partition coefficient (Wildman–Crippen LogP) is 2.83. The van der Waals surface area contributed by atoms with E-state index in [0.29, 0.717) is 11.3 Å². The molecule has 3 aromatic carbocycles. The molecule has 0 saturated carbocycles. The number of amides is 2. The summed E-state index contributed by atoms with van der Waals surface area (Å²) in [5, 5.41) is 14.2. The number of phenols is 1. The molecule has 0 aromatic heterocycles. The Morgan fingerprint density at radius 3 is 2.21 bits per heavy atom. The molecule has 3 rings (SSSR count). The lowest BCUT2D eigenvalue weighted by atomic mass is 10.1. The molecule has 0 bridgehead atoms. The molecule has 0 aliphatic heterocycles. The predicted molar refractivity (Wildman–Crippen MR) is 104 cm³/mol. The summed E-state index contributed by atoms with van der Waals surface area (Å²) < 4.78 is 5.18. The molecule has 7 nitrogen and oxygen atoms in total. The van der Waals surface area contributed by atoms with Gasteiger partial charge in [0.2, 0.25) is 5.91 Å². The number of anilines is 1. The Balaban J connectivity index is 1.68. The smallest absolute Gasteiger partial charge is 0.342 e. The minimum absolute atomic E-state index is 0.0239. The third kappa shape index (κ3) is 4.09. The number of nitrogens with one attached hydrogen (secondary N) is 1. The van der Waals surface area contributed by atoms with Crippen molar-refractivity contribution < 1.29 is 24.2 Å². The molecule has 0 heterocycles. The number of carbonyl (C=O) groups is 3. The maximum absolute atomic E-state index is 12.4. The number of carbonyl (C=O) groups excluding carboxylic acids is 3. The summed E-state index contributed by atoms with van der Waals surface area (Å²) in [6.45, 7) is 1.42. The number of fused-ring (bicyclic) bond motifs is 1. The lowest BCUT2D eigenvalue weighted by molar-refractivity contribution is -0.123. The van der Waals surface area contributed by atoms with E-state index in [0.717, 1.165) is 10.8 Å². The van der Waals surface area contributed by atoms with Crippen molar-refractivity contribution in [2.75, 3.05) is 5.32 Å². The highest BCUT2D eigenvalue weighted by atomic mass is 16.5. The van der Waals surface area contributed by atoms with E-state index in [4.69, 9.17) is 10.5 Å². The molecule has 3 aromatic rings. The number of aromatic hydroxyl groups is 1. The number of rotatable bonds is 5. The van der Waals surface area contributed by atoms with Gasteiger partial charge in [0.15, 0.2) is 6.10 Å². The van der Waals surface area contributed by atoms with Crippen molar-refractivity contribution in [1.82, 2.24) is 0 Å². The summed E-state index contributed by atoms with van der Waals surface area (Å²) in [5.41, 5.74) is 5.87. The molecule has 2 amide bonds. The fourth-order valence-electron chi connectivity index (χ4n) is 2.63. The number of phenolic OH excluding ortho intramolecular Hbond substituents is 1. The normalized spacial score (nSPS) is 11.6. The number of ether oxygens (including phenoxy) is 1. The Hall–Kier alpha value is -3.87. The largest absolute Gasteiger partial charge is 0.507 e. The van der Waals surface area contributed by atoms with Crippen LogP contribution in [0.15, 0.2) is 60.7 Å². The fourth-order valence-corrected chi connectivity index (χ4v) is 2.63. The van der Waals surface area contributed by atoms with E-state index in [9.17, 15) is 19.5 Å². The van der Waals surface area contributed by atoms with Crippen LogP contribution >= 0.6 is 0 Å². The molecule has 0 fully saturated rings. The van der Waals surface area contributed by atoms with Gasteiger partial charge in [0.1, 0.15) is 11.3 Å². The van der Waals surface area contributed by atoms with Gasteiger partial charge in [-0.3, -0.25) is 9.59 Å². The number of primary amides is 1. The van der Waals surface area contributed by atoms with Crippen molar-refractivity contribution in [2.45, 2.75) is 13.0 Å². The van der Waals surface area contributed by atoms with Gasteiger partial charge in [-0.25, -0.2) is 4.79 Å². The zero-order chi connectivity index (χ0) is 20.3. The van der Waals surface area contributed by atoms with Gasteiger partial charge in [0.05, 0.1) is 0 Å². The summed E-state index contributed by atoms with van der Waals surface area (Å²) in [7, 11) is 0. The van der Waals surface area contributed by atoms with E-state index in [2.05, 4.69) is 5.32 Å². The van der Waals surface area contributed by atoms with Gasteiger partial charge < -0.3 is 20.9 Å². The second-order valence-electron chi connectivity index (χ2n) is 6.19. The molecule has 0 aliphatic carbocycles. The minimum atomic E-state index is -1.10. The molecule has 0 saturated heterocycles. The Kier molecular flexibility index (Phi) is 5.26. The molecule has 0 aliphatic rings. The van der Waals surface area contributed by atoms with Crippen molar-refractivity contribution in [1.29, 1.82) is 0 Å². The highest BCUT2D eigenvalue weighted by Crippen LogP contribution is 2.26. The van der Waals surface area contributed by atoms with Crippen molar-refractivity contribution in [3.05, 3.63) is 71.8 Å². The summed E-state index contributed by atoms with van der Waals surface area (Å²) in [6.07, 6.45) is -1.10. The van der Waals surface area contributed by atoms with Crippen molar-refractivity contribution >= 4 is 34.2 Å². The summed E-state index contributed by atoms with van der Waals surface area (Å²) >= 11 is 0. The topological polar surface area (TPSA) is 119 Å². The molecule has 28 heavy (non-hydrogen) atoms. The zero-order valence-electron chi connectivity index (χ0n) is 15.0. The van der Waals surface area contributed by atoms with Gasteiger partial charge in [-0.2, -0.15) is 0 Å². The van der Waals surface area contributed by atoms with Crippen LogP contribution in [0.2, 0.25) is 0 Å². The molecular weight excluding hydrogens is 360 g/mol. The minimum Gasteiger partial charge on any atom is -0.507 e. The van der Waals surface area contributed by atoms with Crippen molar-refractivity contribution in [3.8, 4) is 5.75 Å². The average molecular weight is 378 g/mol. The average Bonchev–Trinajstić information content (AvgIpc) is 2.67. The standard InChI is InChI=1S/C21H18N2O5/c1-12(20(26)23-16-8-6-13(7-9-16)19(22)25)28-21(27)17-10-14-4-2-3-5-15(14)11-18(17)24/h2-12,24H,1H3,(H2,22,25)(H,23,26)/t12-/m0/s1. The van der Waals surface area contributed by atoms with Crippen LogP contribution in [0.5, 0.6) is 5.75 Å². The lowest BCUT2D eigenvalue weighted by Crippen LogP contribution is -2.30. The van der Waals surface area contributed by atoms with Gasteiger partial charge in [0, 0.05) is 11.3 Å². The van der Waals surface area contributed by atoms with E-state index in [1.165, 1.54) is 43.3 Å². The van der Waals surface area contributed by atoms with Gasteiger partial charge in [0.25, 0.3) is 5.91 Å². The van der Waals surface area contributed by atoms with E-state index in [1.54, 1.807) is 6.07 Å². The van der Waals surface area contributed by atoms with Crippen LogP contribution < -0.4 is 11.1 Å². The number of esters is 1. The second kappa shape index (κ2) is 7.79. The van der Waals surface area contributed by atoms with E-state index in [-0.39, 0.29) is 11.3 Å². The monoisotopic (exact) mass is 378 g/mol. The number of benzene rings is 3. The van der Waals surface area contributed by atoms with Crippen LogP contribution in [0.3, 0.4) is 0 Å². The molecule has 0 unspecified atom stereocenters. The van der Waals surface area contributed by atoms with Crippen molar-refractivity contribution in [3.63, 3.8) is 0 Å². The summed E-state index contributed by atoms with van der Waals surface area (Å²) in [6, 6.07) is 16.2. The summed E-state index contributed by atoms with van der Waals surface area (Å²) in [4.78, 5) is 35.7. The highest BCUT2D eigenvalue weighted by Gasteiger charge is 2.21. The van der Waals surface area contributed by atoms with E-state index >= 15 is 0 Å². The number of hydrogen-bond donors (Lipinski definition) is 3. The molecule has 1 atom stereocenters. The number of hydrogen-bond acceptors (Lipinski definition) is 5. The van der Waals surface area contributed by atoms with Crippen LogP contribution in [-0.4, -0.2) is 29.0 Å². The lowest BCUT2D eigenvalue weighted by Gasteiger charge is -2.14. The third-order valence-electron chi connectivity index (χ3n) is 4.17. The van der Waals surface area contributed by atoms with Gasteiger partial charge in [-0.05, 0) is 54.1 Å². The van der Waals surface area contributed by atoms with Crippen LogP contribution in [0.4, 0.5) is 5.69 Å².